The number of anilines is 4. The maximum atomic E-state index is 12.3. The van der Waals surface area contributed by atoms with Gasteiger partial charge in [0, 0.05) is 37.8 Å². The van der Waals surface area contributed by atoms with Crippen molar-refractivity contribution in [3.05, 3.63) is 40.2 Å². The summed E-state index contributed by atoms with van der Waals surface area (Å²) in [6, 6.07) is 5.03. The number of nitrogen functional groups attached to an aromatic ring is 1. The van der Waals surface area contributed by atoms with Gasteiger partial charge in [-0.2, -0.15) is 4.98 Å². The summed E-state index contributed by atoms with van der Waals surface area (Å²) < 4.78 is 0. The molecule has 8 N–H and O–H groups in total. The van der Waals surface area contributed by atoms with Crippen molar-refractivity contribution in [2.45, 2.75) is 24.9 Å². The van der Waals surface area contributed by atoms with E-state index in [1.54, 1.807) is 19.2 Å². The van der Waals surface area contributed by atoms with Crippen molar-refractivity contribution in [2.24, 2.45) is 0 Å². The summed E-state index contributed by atoms with van der Waals surface area (Å²) in [5, 5.41) is 26.6. The molecule has 0 bridgehead atoms. The predicted octanol–water partition coefficient (Wildman–Crippen LogP) is -0.413. The molecule has 2 heterocycles. The minimum atomic E-state index is -1.30. The first-order valence-corrected chi connectivity index (χ1v) is 10.1. The number of carbonyl (C=O) groups is 3. The fraction of sp³-hybridized carbons (Fsp3) is 0.350. The van der Waals surface area contributed by atoms with Crippen molar-refractivity contribution in [2.75, 3.05) is 41.4 Å². The maximum Gasteiger partial charge on any atom is 2.00 e. The fourth-order valence-corrected chi connectivity index (χ4v) is 3.42. The number of likely N-dealkylation sites (N-methyl/N-ethyl adjacent to an activating group) is 1. The van der Waals surface area contributed by atoms with E-state index < -0.39 is 23.9 Å². The molecular weight excluding hydrogens is 474 g/mol. The van der Waals surface area contributed by atoms with E-state index in [1.165, 1.54) is 12.1 Å². The number of carboxylic acid groups (broad SMARTS) is 2. The van der Waals surface area contributed by atoms with Crippen LogP contribution in [-0.4, -0.2) is 108 Å². The number of fused-ring (bicyclic) bond motifs is 1. The fourth-order valence-electron chi connectivity index (χ4n) is 3.42. The van der Waals surface area contributed by atoms with Crippen LogP contribution in [0.3, 0.4) is 0 Å². The number of aromatic nitrogens is 2. The van der Waals surface area contributed by atoms with Crippen LogP contribution in [0, 0.1) is 0 Å². The van der Waals surface area contributed by atoms with E-state index in [9.17, 15) is 24.3 Å². The van der Waals surface area contributed by atoms with Crippen LogP contribution in [0.2, 0.25) is 0 Å². The number of nitrogens with one attached hydrogen (secondary N) is 4. The van der Waals surface area contributed by atoms with Gasteiger partial charge in [-0.1, -0.05) is 0 Å². The minimum absolute atomic E-state index is 0. The molecule has 2 atom stereocenters. The molecule has 1 aliphatic rings. The second kappa shape index (κ2) is 11.9. The SMILES string of the molecule is CN1c2c(nc(N)[nH]c2=O)NCC1CNc1ccc(C(=O)NC(CCC(=O)O)C(=O)O)cc1.[Ca+2].[H-].[H-]. The molecule has 0 saturated carbocycles. The summed E-state index contributed by atoms with van der Waals surface area (Å²) >= 11 is 0. The number of benzene rings is 1. The molecule has 1 amide bonds. The molecule has 14 heteroatoms. The van der Waals surface area contributed by atoms with Gasteiger partial charge < -0.3 is 39.7 Å². The van der Waals surface area contributed by atoms with Crippen LogP contribution >= 0.6 is 0 Å². The molecule has 0 saturated heterocycles. The third-order valence-electron chi connectivity index (χ3n) is 5.26. The van der Waals surface area contributed by atoms with E-state index >= 15 is 0 Å². The first kappa shape index (κ1) is 27.2. The largest absolute Gasteiger partial charge is 2.00 e. The van der Waals surface area contributed by atoms with Gasteiger partial charge in [0.2, 0.25) is 5.95 Å². The van der Waals surface area contributed by atoms with E-state index in [2.05, 4.69) is 25.9 Å². The van der Waals surface area contributed by atoms with Crippen LogP contribution in [0.25, 0.3) is 0 Å². The molecule has 180 valence electrons. The Hall–Kier alpha value is -3.03. The Morgan fingerprint density at radius 2 is 1.97 bits per heavy atom. The Labute approximate surface area is 227 Å². The van der Waals surface area contributed by atoms with E-state index in [0.29, 0.717) is 24.6 Å². The number of hydrogen-bond donors (Lipinski definition) is 7. The molecule has 0 radical (unpaired) electrons. The number of aliphatic carboxylic acids is 2. The van der Waals surface area contributed by atoms with Crippen LogP contribution in [0.4, 0.5) is 23.1 Å². The molecule has 2 aromatic rings. The number of hydrogen-bond acceptors (Lipinski definition) is 9. The molecule has 34 heavy (non-hydrogen) atoms. The summed E-state index contributed by atoms with van der Waals surface area (Å²) in [5.74, 6) is -2.59. The molecule has 1 aliphatic heterocycles. The van der Waals surface area contributed by atoms with Crippen molar-refractivity contribution >= 4 is 78.7 Å². The quantitative estimate of drug-likeness (QED) is 0.220. The number of amides is 1. The van der Waals surface area contributed by atoms with Crippen molar-refractivity contribution in [1.82, 2.24) is 15.3 Å². The Morgan fingerprint density at radius 3 is 2.59 bits per heavy atom. The van der Waals surface area contributed by atoms with Gasteiger partial charge in [-0.05, 0) is 30.7 Å². The first-order valence-electron chi connectivity index (χ1n) is 10.1. The Morgan fingerprint density at radius 1 is 1.29 bits per heavy atom. The molecule has 1 aromatic heterocycles. The van der Waals surface area contributed by atoms with Crippen LogP contribution in [-0.2, 0) is 9.59 Å². The number of carboxylic acids is 2. The third-order valence-corrected chi connectivity index (χ3v) is 5.26. The molecule has 2 unspecified atom stereocenters. The van der Waals surface area contributed by atoms with Gasteiger partial charge in [0.15, 0.2) is 5.82 Å². The first-order chi connectivity index (χ1) is 15.7. The predicted molar refractivity (Wildman–Crippen MR) is 129 cm³/mol. The van der Waals surface area contributed by atoms with Gasteiger partial charge in [-0.15, -0.1) is 0 Å². The number of H-pyrrole nitrogens is 1. The number of rotatable bonds is 9. The summed E-state index contributed by atoms with van der Waals surface area (Å²) in [7, 11) is 1.79. The average molecular weight is 502 g/mol. The van der Waals surface area contributed by atoms with Crippen LogP contribution in [0.15, 0.2) is 29.1 Å². The molecule has 0 spiro atoms. The average Bonchev–Trinajstić information content (AvgIpc) is 2.75. The number of nitrogens with two attached hydrogens (primary N) is 1. The van der Waals surface area contributed by atoms with E-state index in [0.717, 1.165) is 5.69 Å². The van der Waals surface area contributed by atoms with Crippen LogP contribution in [0.1, 0.15) is 26.1 Å². The number of nitrogens with zero attached hydrogens (tertiary/aromatic N) is 2. The molecule has 13 nitrogen and oxygen atoms in total. The molecule has 0 fully saturated rings. The maximum absolute atomic E-state index is 12.3. The van der Waals surface area contributed by atoms with Crippen LogP contribution in [0.5, 0.6) is 0 Å². The second-order valence-electron chi connectivity index (χ2n) is 7.55. The summed E-state index contributed by atoms with van der Waals surface area (Å²) in [4.78, 5) is 54.9. The zero-order valence-electron chi connectivity index (χ0n) is 20.5. The van der Waals surface area contributed by atoms with Gasteiger partial charge in [0.1, 0.15) is 11.7 Å². The topological polar surface area (TPSA) is 203 Å². The van der Waals surface area contributed by atoms with Crippen molar-refractivity contribution in [3.63, 3.8) is 0 Å². The van der Waals surface area contributed by atoms with E-state index in [-0.39, 0.29) is 76.5 Å². The van der Waals surface area contributed by atoms with Gasteiger partial charge >= 0.3 is 49.7 Å². The van der Waals surface area contributed by atoms with Crippen molar-refractivity contribution < 1.29 is 27.4 Å². The Balaban J connectivity index is 0.00000408. The van der Waals surface area contributed by atoms with Crippen molar-refractivity contribution in [3.8, 4) is 0 Å². The van der Waals surface area contributed by atoms with Gasteiger partial charge in [0.05, 0.1) is 6.04 Å². The third kappa shape index (κ3) is 6.74. The van der Waals surface area contributed by atoms with Gasteiger partial charge in [-0.3, -0.25) is 19.4 Å². The molecule has 1 aromatic carbocycles. The Kier molecular flexibility index (Phi) is 9.53. The summed E-state index contributed by atoms with van der Waals surface area (Å²) in [5.41, 5.74) is 6.59. The number of aromatic amines is 1. The monoisotopic (exact) mass is 501 g/mol. The summed E-state index contributed by atoms with van der Waals surface area (Å²) in [6.45, 7) is 1.01. The van der Waals surface area contributed by atoms with Gasteiger partial charge in [0.25, 0.3) is 11.5 Å². The smallest absolute Gasteiger partial charge is 1.00 e. The normalized spacial score (nSPS) is 15.2. The van der Waals surface area contributed by atoms with E-state index in [1.807, 2.05) is 4.90 Å². The van der Waals surface area contributed by atoms with Gasteiger partial charge in [-0.25, -0.2) is 4.79 Å². The molecule has 3 rings (SSSR count). The second-order valence-corrected chi connectivity index (χ2v) is 7.55. The molecular formula is C20H27CaN7O6. The Bertz CT molecular complexity index is 1120. The molecule has 0 aliphatic carbocycles. The summed E-state index contributed by atoms with van der Waals surface area (Å²) in [6.07, 6.45) is -0.586. The minimum Gasteiger partial charge on any atom is -1.00 e. The zero-order chi connectivity index (χ0) is 24.1. The van der Waals surface area contributed by atoms with Crippen LogP contribution < -0.4 is 32.1 Å². The van der Waals surface area contributed by atoms with Crippen molar-refractivity contribution in [1.29, 1.82) is 0 Å². The number of carbonyl (C=O) groups excluding carboxylic acids is 1. The van der Waals surface area contributed by atoms with E-state index in [4.69, 9.17) is 10.8 Å². The zero-order valence-corrected chi connectivity index (χ0v) is 20.7. The standard InChI is InChI=1S/C20H25N7O6.Ca.2H/c1-27-12(9-23-16-15(27)18(31)26-20(21)25-16)8-22-11-4-2-10(3-5-11)17(30)24-13(19(32)33)6-7-14(28)29;;;/h2-5,12-13,22H,6-9H2,1H3,(H,24,30)(H,28,29)(H,32,33)(H4,21,23,25,26,31);;;/q;+2;2*-1.